The third-order valence-corrected chi connectivity index (χ3v) is 3.48. The van der Waals surface area contributed by atoms with Gasteiger partial charge in [0.2, 0.25) is 5.82 Å². The molecule has 136 valence electrons. The Kier molecular flexibility index (Phi) is 4.89. The smallest absolute Gasteiger partial charge is 0.416 e. The lowest BCUT2D eigenvalue weighted by atomic mass is 9.94. The molecular formula is C17H10BF3N2O4. The Morgan fingerprint density at radius 2 is 1.89 bits per heavy atom. The van der Waals surface area contributed by atoms with E-state index in [0.717, 1.165) is 12.1 Å². The average Bonchev–Trinajstić information content (AvgIpc) is 3.10. The second kappa shape index (κ2) is 7.14. The molecule has 0 spiro atoms. The molecule has 6 nitrogen and oxygen atoms in total. The predicted molar refractivity (Wildman–Crippen MR) is 88.7 cm³/mol. The van der Waals surface area contributed by atoms with E-state index in [-0.39, 0.29) is 23.0 Å². The number of rotatable bonds is 5. The van der Waals surface area contributed by atoms with Crippen molar-refractivity contribution in [3.8, 4) is 28.6 Å². The van der Waals surface area contributed by atoms with Gasteiger partial charge in [0.25, 0.3) is 5.89 Å². The van der Waals surface area contributed by atoms with Crippen LogP contribution in [-0.2, 0) is 11.0 Å². The molecule has 0 aliphatic heterocycles. The van der Waals surface area contributed by atoms with Crippen molar-refractivity contribution in [3.63, 3.8) is 0 Å². The van der Waals surface area contributed by atoms with Crippen LogP contribution in [0.15, 0.2) is 47.0 Å². The van der Waals surface area contributed by atoms with Crippen LogP contribution in [0.1, 0.15) is 5.56 Å². The number of ether oxygens (including phenoxy) is 1. The van der Waals surface area contributed by atoms with Crippen LogP contribution in [0.2, 0.25) is 0 Å². The zero-order chi connectivity index (χ0) is 19.6. The number of hydrogen-bond acceptors (Lipinski definition) is 5. The summed E-state index contributed by atoms with van der Waals surface area (Å²) in [7, 11) is 5.73. The number of carboxylic acids is 1. The first-order chi connectivity index (χ1) is 12.7. The first kappa shape index (κ1) is 18.5. The van der Waals surface area contributed by atoms with Gasteiger partial charge in [0.15, 0.2) is 6.61 Å². The minimum atomic E-state index is -4.45. The standard InChI is InChI=1S/C17H10BF3N2O4/c18-11-5-6-13(26-8-14(24)25)12(7-11)16-22-15(23-27-16)9-1-3-10(4-2-9)17(19,20)21/h1-7H,8H2,(H,24,25). The van der Waals surface area contributed by atoms with Gasteiger partial charge in [-0.3, -0.25) is 0 Å². The summed E-state index contributed by atoms with van der Waals surface area (Å²) in [6.45, 7) is -0.586. The summed E-state index contributed by atoms with van der Waals surface area (Å²) in [5.41, 5.74) is 0.133. The van der Waals surface area contributed by atoms with Gasteiger partial charge in [-0.15, -0.1) is 0 Å². The monoisotopic (exact) mass is 374 g/mol. The quantitative estimate of drug-likeness (QED) is 0.692. The Hall–Kier alpha value is -3.30. The van der Waals surface area contributed by atoms with E-state index < -0.39 is 24.3 Å². The van der Waals surface area contributed by atoms with Crippen LogP contribution >= 0.6 is 0 Å². The summed E-state index contributed by atoms with van der Waals surface area (Å²) in [5, 5.41) is 12.5. The third-order valence-electron chi connectivity index (χ3n) is 3.48. The van der Waals surface area contributed by atoms with Crippen LogP contribution in [0.4, 0.5) is 13.2 Å². The number of aliphatic carboxylic acids is 1. The molecule has 27 heavy (non-hydrogen) atoms. The Morgan fingerprint density at radius 1 is 1.19 bits per heavy atom. The van der Waals surface area contributed by atoms with Gasteiger partial charge >= 0.3 is 12.1 Å². The van der Waals surface area contributed by atoms with Crippen LogP contribution in [0, 0.1) is 0 Å². The number of aromatic nitrogens is 2. The zero-order valence-corrected chi connectivity index (χ0v) is 13.5. The largest absolute Gasteiger partial charge is 0.481 e. The van der Waals surface area contributed by atoms with E-state index in [4.69, 9.17) is 22.2 Å². The first-order valence-electron chi connectivity index (χ1n) is 7.50. The van der Waals surface area contributed by atoms with Gasteiger partial charge in [-0.2, -0.15) is 18.2 Å². The highest BCUT2D eigenvalue weighted by atomic mass is 19.4. The summed E-state index contributed by atoms with van der Waals surface area (Å²) in [4.78, 5) is 14.8. The van der Waals surface area contributed by atoms with E-state index >= 15 is 0 Å². The molecule has 10 heteroatoms. The number of alkyl halides is 3. The summed E-state index contributed by atoms with van der Waals surface area (Å²) in [5.74, 6) is -0.967. The van der Waals surface area contributed by atoms with Crippen LogP contribution in [0.3, 0.4) is 0 Å². The topological polar surface area (TPSA) is 85.5 Å². The van der Waals surface area contributed by atoms with Gasteiger partial charge in [0, 0.05) is 5.56 Å². The van der Waals surface area contributed by atoms with E-state index in [2.05, 4.69) is 10.1 Å². The number of halogens is 3. The molecule has 0 aliphatic carbocycles. The number of carboxylic acid groups (broad SMARTS) is 1. The van der Waals surface area contributed by atoms with Crippen molar-refractivity contribution in [1.82, 2.24) is 10.1 Å². The van der Waals surface area contributed by atoms with Gasteiger partial charge in [-0.05, 0) is 18.2 Å². The lowest BCUT2D eigenvalue weighted by molar-refractivity contribution is -0.139. The summed E-state index contributed by atoms with van der Waals surface area (Å²) in [6, 6.07) is 8.68. The second-order valence-electron chi connectivity index (χ2n) is 5.44. The lowest BCUT2D eigenvalue weighted by Gasteiger charge is -2.08. The fourth-order valence-electron chi connectivity index (χ4n) is 2.24. The minimum Gasteiger partial charge on any atom is -0.481 e. The number of hydrogen-bond donors (Lipinski definition) is 1. The van der Waals surface area contributed by atoms with Crippen LogP contribution in [0.25, 0.3) is 22.8 Å². The molecule has 0 atom stereocenters. The molecule has 0 saturated heterocycles. The van der Waals surface area contributed by atoms with Crippen molar-refractivity contribution in [2.24, 2.45) is 0 Å². The molecule has 1 heterocycles. The molecule has 0 fully saturated rings. The molecule has 2 aromatic carbocycles. The average molecular weight is 374 g/mol. The normalized spacial score (nSPS) is 11.4. The second-order valence-corrected chi connectivity index (χ2v) is 5.44. The van der Waals surface area contributed by atoms with Gasteiger partial charge in [-0.25, -0.2) is 4.79 Å². The van der Waals surface area contributed by atoms with E-state index in [9.17, 15) is 18.0 Å². The maximum absolute atomic E-state index is 12.6. The lowest BCUT2D eigenvalue weighted by Crippen LogP contribution is -2.11. The molecule has 3 rings (SSSR count). The van der Waals surface area contributed by atoms with Crippen LogP contribution in [-0.4, -0.2) is 35.7 Å². The number of nitrogens with zero attached hydrogens (tertiary/aromatic N) is 2. The maximum Gasteiger partial charge on any atom is 0.416 e. The van der Waals surface area contributed by atoms with Gasteiger partial charge < -0.3 is 14.4 Å². The highest BCUT2D eigenvalue weighted by Crippen LogP contribution is 2.32. The highest BCUT2D eigenvalue weighted by Gasteiger charge is 2.30. The van der Waals surface area contributed by atoms with Crippen molar-refractivity contribution >= 4 is 19.3 Å². The van der Waals surface area contributed by atoms with Crippen molar-refractivity contribution in [2.45, 2.75) is 6.18 Å². The van der Waals surface area contributed by atoms with Crippen molar-refractivity contribution in [1.29, 1.82) is 0 Å². The SMILES string of the molecule is [B]c1ccc(OCC(=O)O)c(-c2nc(-c3ccc(C(F)(F)F)cc3)no2)c1. The molecule has 0 aliphatic rings. The summed E-state index contributed by atoms with van der Waals surface area (Å²) >= 11 is 0. The van der Waals surface area contributed by atoms with Gasteiger partial charge in [-0.1, -0.05) is 34.9 Å². The Morgan fingerprint density at radius 3 is 2.52 bits per heavy atom. The zero-order valence-electron chi connectivity index (χ0n) is 13.5. The fourth-order valence-corrected chi connectivity index (χ4v) is 2.24. The predicted octanol–water partition coefficient (Wildman–Crippen LogP) is 2.68. The van der Waals surface area contributed by atoms with Gasteiger partial charge in [0.05, 0.1) is 11.1 Å². The van der Waals surface area contributed by atoms with Crippen molar-refractivity contribution < 1.29 is 32.3 Å². The number of benzene rings is 2. The molecule has 3 aromatic rings. The molecule has 0 bridgehead atoms. The Balaban J connectivity index is 1.92. The molecule has 1 aromatic heterocycles. The van der Waals surface area contributed by atoms with Crippen LogP contribution < -0.4 is 10.2 Å². The van der Waals surface area contributed by atoms with E-state index in [1.165, 1.54) is 30.3 Å². The Labute approximate surface area is 152 Å². The molecule has 0 saturated carbocycles. The van der Waals surface area contributed by atoms with Crippen molar-refractivity contribution in [3.05, 3.63) is 48.0 Å². The van der Waals surface area contributed by atoms with E-state index in [1.807, 2.05) is 0 Å². The number of carbonyl (C=O) groups is 1. The van der Waals surface area contributed by atoms with Crippen molar-refractivity contribution in [2.75, 3.05) is 6.61 Å². The molecule has 1 N–H and O–H groups in total. The Bertz CT molecular complexity index is 971. The third kappa shape index (κ3) is 4.28. The summed E-state index contributed by atoms with van der Waals surface area (Å²) in [6.07, 6.45) is -4.45. The fraction of sp³-hybridized carbons (Fsp3) is 0.118. The van der Waals surface area contributed by atoms with Crippen LogP contribution in [0.5, 0.6) is 5.75 Å². The molecule has 0 amide bonds. The minimum absolute atomic E-state index is 0.0161. The molecular weight excluding hydrogens is 364 g/mol. The maximum atomic E-state index is 12.6. The van der Waals surface area contributed by atoms with E-state index in [1.54, 1.807) is 0 Å². The van der Waals surface area contributed by atoms with Gasteiger partial charge in [0.1, 0.15) is 13.6 Å². The molecule has 0 unspecified atom stereocenters. The van der Waals surface area contributed by atoms with E-state index in [0.29, 0.717) is 11.0 Å². The highest BCUT2D eigenvalue weighted by molar-refractivity contribution is 6.32. The first-order valence-corrected chi connectivity index (χ1v) is 7.50. The molecule has 2 radical (unpaired) electrons. The summed E-state index contributed by atoms with van der Waals surface area (Å²) < 4.78 is 48.2.